The Bertz CT molecular complexity index is 701. The minimum absolute atomic E-state index is 0.136. The molecule has 0 aromatic heterocycles. The van der Waals surface area contributed by atoms with Crippen LogP contribution < -0.4 is 0 Å². The van der Waals surface area contributed by atoms with E-state index in [1.165, 1.54) is 0 Å². The van der Waals surface area contributed by atoms with Crippen molar-refractivity contribution < 1.29 is 10.2 Å². The largest absolute Gasteiger partial charge is 0.505 e. The molecule has 0 bridgehead atoms. The lowest BCUT2D eigenvalue weighted by Crippen LogP contribution is -2.26. The molecule has 0 aliphatic rings. The van der Waals surface area contributed by atoms with E-state index < -0.39 is 5.41 Å². The number of aromatic hydroxyl groups is 2. The summed E-state index contributed by atoms with van der Waals surface area (Å²) in [5, 5.41) is 20.6. The van der Waals surface area contributed by atoms with Crippen LogP contribution in [-0.2, 0) is 5.41 Å². The van der Waals surface area contributed by atoms with Gasteiger partial charge in [0.2, 0.25) is 0 Å². The monoisotopic (exact) mass is 434 g/mol. The van der Waals surface area contributed by atoms with Crippen molar-refractivity contribution in [3.63, 3.8) is 0 Å². The van der Waals surface area contributed by atoms with Crippen LogP contribution in [0.1, 0.15) is 51.2 Å². The molecule has 0 radical (unpaired) electrons. The summed E-state index contributed by atoms with van der Waals surface area (Å²) in [4.78, 5) is 0. The lowest BCUT2D eigenvalue weighted by atomic mass is 9.70. The fourth-order valence-corrected chi connectivity index (χ4v) is 4.44. The van der Waals surface area contributed by atoms with Gasteiger partial charge in [-0.05, 0) is 47.7 Å². The SMILES string of the molecule is CCCC(C)CC(C)(c1cc(Cl)c(O)c(Cl)c1)c1cc(Cl)c(O)c(Cl)c1. The smallest absolute Gasteiger partial charge is 0.152 e. The lowest BCUT2D eigenvalue weighted by Gasteiger charge is -2.34. The molecule has 1 unspecified atom stereocenters. The van der Waals surface area contributed by atoms with Gasteiger partial charge < -0.3 is 10.2 Å². The quantitative estimate of drug-likeness (QED) is 0.484. The van der Waals surface area contributed by atoms with Crippen LogP contribution in [0.15, 0.2) is 24.3 Å². The van der Waals surface area contributed by atoms with Crippen molar-refractivity contribution in [2.75, 3.05) is 0 Å². The second-order valence-electron chi connectivity index (χ2n) is 7.01. The second-order valence-corrected chi connectivity index (χ2v) is 8.64. The first-order valence-electron chi connectivity index (χ1n) is 8.47. The maximum atomic E-state index is 9.92. The van der Waals surface area contributed by atoms with Crippen molar-refractivity contribution in [1.82, 2.24) is 0 Å². The van der Waals surface area contributed by atoms with Gasteiger partial charge in [0, 0.05) is 5.41 Å². The van der Waals surface area contributed by atoms with E-state index in [1.807, 2.05) is 0 Å². The zero-order chi connectivity index (χ0) is 19.6. The summed E-state index contributed by atoms with van der Waals surface area (Å²) in [6.45, 7) is 6.41. The third-order valence-electron chi connectivity index (χ3n) is 4.85. The third kappa shape index (κ3) is 4.36. The molecule has 2 nitrogen and oxygen atoms in total. The first-order chi connectivity index (χ1) is 12.1. The van der Waals surface area contributed by atoms with E-state index in [0.29, 0.717) is 5.92 Å². The highest BCUT2D eigenvalue weighted by Gasteiger charge is 2.33. The molecule has 142 valence electrons. The number of hydrogen-bond donors (Lipinski definition) is 2. The van der Waals surface area contributed by atoms with E-state index in [0.717, 1.165) is 30.4 Å². The average molecular weight is 436 g/mol. The topological polar surface area (TPSA) is 40.5 Å². The molecule has 2 aromatic rings. The van der Waals surface area contributed by atoms with Crippen LogP contribution in [0.5, 0.6) is 11.5 Å². The average Bonchev–Trinajstić information content (AvgIpc) is 2.56. The Morgan fingerprint density at radius 2 is 1.19 bits per heavy atom. The number of phenolic OH excluding ortho intramolecular Hbond substituents is 2. The number of hydrogen-bond acceptors (Lipinski definition) is 2. The second kappa shape index (κ2) is 8.48. The Morgan fingerprint density at radius 1 is 0.846 bits per heavy atom. The predicted molar refractivity (Wildman–Crippen MR) is 111 cm³/mol. The van der Waals surface area contributed by atoms with E-state index in [9.17, 15) is 10.2 Å². The van der Waals surface area contributed by atoms with Gasteiger partial charge in [-0.3, -0.25) is 0 Å². The third-order valence-corrected chi connectivity index (χ3v) is 6.00. The zero-order valence-corrected chi connectivity index (χ0v) is 17.9. The molecule has 0 aliphatic carbocycles. The molecule has 0 spiro atoms. The summed E-state index contributed by atoms with van der Waals surface area (Å²) in [6.07, 6.45) is 2.94. The minimum atomic E-state index is -0.503. The Labute approximate surface area is 174 Å². The molecule has 1 atom stereocenters. The molecule has 0 saturated heterocycles. The van der Waals surface area contributed by atoms with Gasteiger partial charge in [-0.25, -0.2) is 0 Å². The van der Waals surface area contributed by atoms with Gasteiger partial charge in [0.05, 0.1) is 20.1 Å². The minimum Gasteiger partial charge on any atom is -0.505 e. The van der Waals surface area contributed by atoms with Crippen molar-refractivity contribution in [3.8, 4) is 11.5 Å². The number of phenols is 2. The molecule has 0 fully saturated rings. The Morgan fingerprint density at radius 3 is 1.50 bits per heavy atom. The van der Waals surface area contributed by atoms with E-state index in [1.54, 1.807) is 24.3 Å². The zero-order valence-electron chi connectivity index (χ0n) is 14.9. The molecule has 2 rings (SSSR count). The molecular formula is C20H22Cl4O2. The van der Waals surface area contributed by atoms with Crippen LogP contribution in [0.4, 0.5) is 0 Å². The first-order valence-corrected chi connectivity index (χ1v) is 9.98. The summed E-state index contributed by atoms with van der Waals surface area (Å²) >= 11 is 24.7. The van der Waals surface area contributed by atoms with Crippen molar-refractivity contribution in [2.24, 2.45) is 5.92 Å². The van der Waals surface area contributed by atoms with Crippen LogP contribution >= 0.6 is 46.4 Å². The predicted octanol–water partition coefficient (Wildman–Crippen LogP) is 7.84. The molecule has 2 aromatic carbocycles. The molecule has 6 heteroatoms. The maximum Gasteiger partial charge on any atom is 0.152 e. The van der Waals surface area contributed by atoms with E-state index in [2.05, 4.69) is 20.8 Å². The van der Waals surface area contributed by atoms with Crippen LogP contribution in [0, 0.1) is 5.92 Å². The van der Waals surface area contributed by atoms with Crippen molar-refractivity contribution in [3.05, 3.63) is 55.5 Å². The van der Waals surface area contributed by atoms with Crippen LogP contribution in [0.3, 0.4) is 0 Å². The summed E-state index contributed by atoms with van der Waals surface area (Å²) in [7, 11) is 0. The normalized spacial score (nSPS) is 13.0. The molecule has 2 N–H and O–H groups in total. The van der Waals surface area contributed by atoms with Gasteiger partial charge in [0.15, 0.2) is 11.5 Å². The summed E-state index contributed by atoms with van der Waals surface area (Å²) in [5.74, 6) is 0.147. The van der Waals surface area contributed by atoms with E-state index >= 15 is 0 Å². The highest BCUT2D eigenvalue weighted by molar-refractivity contribution is 6.37. The summed E-state index contributed by atoms with van der Waals surface area (Å²) in [5.41, 5.74) is 1.20. The number of halogens is 4. The van der Waals surface area contributed by atoms with Crippen molar-refractivity contribution in [1.29, 1.82) is 0 Å². The van der Waals surface area contributed by atoms with Gasteiger partial charge in [0.1, 0.15) is 0 Å². The maximum absolute atomic E-state index is 9.92. The molecule has 0 amide bonds. The Kier molecular flexibility index (Phi) is 7.01. The standard InChI is InChI=1S/C20H22Cl4O2/c1-4-5-11(2)10-20(3,12-6-14(21)18(25)15(22)7-12)13-8-16(23)19(26)17(24)9-13/h6-9,11,25-26H,4-5,10H2,1-3H3. The highest BCUT2D eigenvalue weighted by atomic mass is 35.5. The molecule has 0 aliphatic heterocycles. The number of benzene rings is 2. The van der Waals surface area contributed by atoms with Crippen LogP contribution in [0.2, 0.25) is 20.1 Å². The summed E-state index contributed by atoms with van der Waals surface area (Å²) in [6, 6.07) is 6.87. The van der Waals surface area contributed by atoms with Gasteiger partial charge in [-0.15, -0.1) is 0 Å². The Balaban J connectivity index is 2.67. The fourth-order valence-electron chi connectivity index (χ4n) is 3.46. The summed E-state index contributed by atoms with van der Waals surface area (Å²) < 4.78 is 0. The van der Waals surface area contributed by atoms with E-state index in [4.69, 9.17) is 46.4 Å². The molecular weight excluding hydrogens is 414 g/mol. The van der Waals surface area contributed by atoms with Gasteiger partial charge in [-0.1, -0.05) is 80.0 Å². The van der Waals surface area contributed by atoms with Crippen LogP contribution in [0.25, 0.3) is 0 Å². The van der Waals surface area contributed by atoms with Gasteiger partial charge >= 0.3 is 0 Å². The van der Waals surface area contributed by atoms with Crippen molar-refractivity contribution >= 4 is 46.4 Å². The molecule has 0 saturated carbocycles. The number of rotatable bonds is 6. The van der Waals surface area contributed by atoms with Crippen molar-refractivity contribution in [2.45, 2.75) is 45.4 Å². The lowest BCUT2D eigenvalue weighted by molar-refractivity contribution is 0.381. The van der Waals surface area contributed by atoms with Gasteiger partial charge in [-0.2, -0.15) is 0 Å². The molecule has 26 heavy (non-hydrogen) atoms. The highest BCUT2D eigenvalue weighted by Crippen LogP contribution is 2.46. The van der Waals surface area contributed by atoms with E-state index in [-0.39, 0.29) is 31.6 Å². The first kappa shape index (κ1) is 21.5. The van der Waals surface area contributed by atoms with Gasteiger partial charge in [0.25, 0.3) is 0 Å². The Hall–Kier alpha value is -0.800. The fraction of sp³-hybridized carbons (Fsp3) is 0.400. The molecule has 0 heterocycles. The van der Waals surface area contributed by atoms with Crippen LogP contribution in [-0.4, -0.2) is 10.2 Å².